The van der Waals surface area contributed by atoms with Crippen molar-refractivity contribution in [1.82, 2.24) is 15.3 Å². The van der Waals surface area contributed by atoms with Gasteiger partial charge in [-0.25, -0.2) is 9.78 Å². The lowest BCUT2D eigenvalue weighted by atomic mass is 10.0. The van der Waals surface area contributed by atoms with Gasteiger partial charge >= 0.3 is 12.2 Å². The number of halogens is 3. The third kappa shape index (κ3) is 4.48. The number of urea groups is 1. The number of anilines is 1. The highest BCUT2D eigenvalue weighted by atomic mass is 19.4. The molecule has 8 heteroatoms. The van der Waals surface area contributed by atoms with Crippen LogP contribution in [0.25, 0.3) is 0 Å². The number of carbonyl (C=O) groups excluding carboxylic acids is 1. The molecule has 23 heavy (non-hydrogen) atoms. The molecule has 1 atom stereocenters. The Bertz CT molecular complexity index is 636. The van der Waals surface area contributed by atoms with Gasteiger partial charge in [0.1, 0.15) is 5.82 Å². The van der Waals surface area contributed by atoms with Crippen molar-refractivity contribution in [2.24, 2.45) is 5.92 Å². The van der Waals surface area contributed by atoms with Crippen LogP contribution < -0.4 is 10.6 Å². The maximum absolute atomic E-state index is 12.5. The zero-order valence-corrected chi connectivity index (χ0v) is 12.6. The van der Waals surface area contributed by atoms with E-state index in [1.165, 1.54) is 12.1 Å². The number of nitrogens with zero attached hydrogens (tertiary/aromatic N) is 1. The van der Waals surface area contributed by atoms with Crippen LogP contribution in [0.2, 0.25) is 0 Å². The van der Waals surface area contributed by atoms with Gasteiger partial charge in [-0.1, -0.05) is 13.8 Å². The van der Waals surface area contributed by atoms with Crippen LogP contribution in [0.3, 0.4) is 0 Å². The molecule has 124 valence electrons. The fourth-order valence-electron chi connectivity index (χ4n) is 2.05. The molecule has 0 bridgehead atoms. The minimum Gasteiger partial charge on any atom is -0.347 e. The molecule has 0 radical (unpaired) electrons. The summed E-state index contributed by atoms with van der Waals surface area (Å²) in [5.41, 5.74) is -0.489. The van der Waals surface area contributed by atoms with Crippen LogP contribution >= 0.6 is 0 Å². The first-order valence-corrected chi connectivity index (χ1v) is 7.01. The van der Waals surface area contributed by atoms with Gasteiger partial charge in [-0.2, -0.15) is 13.2 Å². The number of hydrogen-bond donors (Lipinski definition) is 3. The minimum atomic E-state index is -4.40. The molecule has 0 aliphatic carbocycles. The highest BCUT2D eigenvalue weighted by Crippen LogP contribution is 2.29. The Hall–Kier alpha value is -2.51. The number of H-pyrrole nitrogens is 1. The second kappa shape index (κ2) is 6.72. The van der Waals surface area contributed by atoms with Crippen molar-refractivity contribution < 1.29 is 18.0 Å². The Morgan fingerprint density at radius 2 is 1.87 bits per heavy atom. The highest BCUT2D eigenvalue weighted by Gasteiger charge is 2.30. The highest BCUT2D eigenvalue weighted by molar-refractivity contribution is 5.89. The molecular formula is C15H17F3N4O. The summed E-state index contributed by atoms with van der Waals surface area (Å²) >= 11 is 0. The third-order valence-electron chi connectivity index (χ3n) is 3.24. The van der Waals surface area contributed by atoms with Crippen molar-refractivity contribution in [1.29, 1.82) is 0 Å². The second-order valence-corrected chi connectivity index (χ2v) is 5.37. The Labute approximate surface area is 131 Å². The van der Waals surface area contributed by atoms with Gasteiger partial charge in [0.05, 0.1) is 11.6 Å². The Morgan fingerprint density at radius 1 is 1.22 bits per heavy atom. The van der Waals surface area contributed by atoms with Crippen LogP contribution in [0.5, 0.6) is 0 Å². The van der Waals surface area contributed by atoms with E-state index in [0.29, 0.717) is 5.82 Å². The van der Waals surface area contributed by atoms with E-state index < -0.39 is 17.8 Å². The second-order valence-electron chi connectivity index (χ2n) is 5.37. The molecule has 0 saturated carbocycles. The molecule has 1 heterocycles. The largest absolute Gasteiger partial charge is 0.416 e. The standard InChI is InChI=1S/C15H17F3N4O/c1-9(2)12(13-19-7-8-20-13)22-14(23)21-11-5-3-10(4-6-11)15(16,17)18/h3-9,12H,1-2H3,(H,19,20)(H2,21,22,23)/t12-/m0/s1. The molecule has 2 amide bonds. The number of nitrogens with one attached hydrogen (secondary N) is 3. The van der Waals surface area contributed by atoms with E-state index in [4.69, 9.17) is 0 Å². The lowest BCUT2D eigenvalue weighted by molar-refractivity contribution is -0.137. The van der Waals surface area contributed by atoms with Crippen molar-refractivity contribution in [2.75, 3.05) is 5.32 Å². The normalized spacial score (nSPS) is 13.0. The van der Waals surface area contributed by atoms with Gasteiger partial charge in [-0.3, -0.25) is 0 Å². The van der Waals surface area contributed by atoms with Crippen LogP contribution in [-0.4, -0.2) is 16.0 Å². The van der Waals surface area contributed by atoms with Crippen LogP contribution in [0.15, 0.2) is 36.7 Å². The molecule has 0 spiro atoms. The molecule has 2 rings (SSSR count). The average Bonchev–Trinajstić information content (AvgIpc) is 2.98. The first-order chi connectivity index (χ1) is 10.8. The molecule has 0 aliphatic heterocycles. The number of alkyl halides is 3. The van der Waals surface area contributed by atoms with Gasteiger partial charge < -0.3 is 15.6 Å². The van der Waals surface area contributed by atoms with Gasteiger partial charge in [0.2, 0.25) is 0 Å². The quantitative estimate of drug-likeness (QED) is 0.796. The van der Waals surface area contributed by atoms with Crippen LogP contribution in [-0.2, 0) is 6.18 Å². The number of amides is 2. The predicted octanol–water partition coefficient (Wildman–Crippen LogP) is 3.95. The van der Waals surface area contributed by atoms with E-state index >= 15 is 0 Å². The average molecular weight is 326 g/mol. The van der Waals surface area contributed by atoms with Gasteiger partial charge in [0, 0.05) is 18.1 Å². The lowest BCUT2D eigenvalue weighted by Gasteiger charge is -2.20. The molecule has 1 aromatic carbocycles. The molecule has 2 aromatic rings. The predicted molar refractivity (Wildman–Crippen MR) is 79.8 cm³/mol. The fourth-order valence-corrected chi connectivity index (χ4v) is 2.05. The SMILES string of the molecule is CC(C)[C@H](NC(=O)Nc1ccc(C(F)(F)F)cc1)c1ncc[nH]1. The Balaban J connectivity index is 2.01. The molecule has 5 nitrogen and oxygen atoms in total. The van der Waals surface area contributed by atoms with Gasteiger partial charge in [0.25, 0.3) is 0 Å². The summed E-state index contributed by atoms with van der Waals surface area (Å²) in [7, 11) is 0. The van der Waals surface area contributed by atoms with E-state index in [-0.39, 0.29) is 17.6 Å². The topological polar surface area (TPSA) is 69.8 Å². The first-order valence-electron chi connectivity index (χ1n) is 7.01. The zero-order valence-electron chi connectivity index (χ0n) is 12.6. The van der Waals surface area contributed by atoms with Crippen LogP contribution in [0.4, 0.5) is 23.7 Å². The Morgan fingerprint density at radius 3 is 2.35 bits per heavy atom. The number of aromatic amines is 1. The molecule has 0 aliphatic rings. The van der Waals surface area contributed by atoms with Crippen molar-refractivity contribution in [3.63, 3.8) is 0 Å². The molecule has 3 N–H and O–H groups in total. The van der Waals surface area contributed by atoms with Crippen molar-refractivity contribution in [3.05, 3.63) is 48.0 Å². The number of rotatable bonds is 4. The summed E-state index contributed by atoms with van der Waals surface area (Å²) in [5, 5.41) is 5.25. The number of benzene rings is 1. The fraction of sp³-hybridized carbons (Fsp3) is 0.333. The monoisotopic (exact) mass is 326 g/mol. The maximum Gasteiger partial charge on any atom is 0.416 e. The van der Waals surface area contributed by atoms with Crippen molar-refractivity contribution >= 4 is 11.7 Å². The van der Waals surface area contributed by atoms with E-state index in [1.807, 2.05) is 13.8 Å². The van der Waals surface area contributed by atoms with Crippen LogP contribution in [0, 0.1) is 5.92 Å². The Kier molecular flexibility index (Phi) is 4.92. The molecule has 0 unspecified atom stereocenters. The number of aromatic nitrogens is 2. The first kappa shape index (κ1) is 16.9. The number of imidazole rings is 1. The van der Waals surface area contributed by atoms with E-state index in [2.05, 4.69) is 20.6 Å². The zero-order chi connectivity index (χ0) is 17.0. The lowest BCUT2D eigenvalue weighted by Crippen LogP contribution is -2.35. The smallest absolute Gasteiger partial charge is 0.347 e. The molecule has 1 aromatic heterocycles. The summed E-state index contributed by atoms with van der Waals surface area (Å²) in [4.78, 5) is 19.1. The molecule has 0 saturated heterocycles. The van der Waals surface area contributed by atoms with Gasteiger partial charge in [-0.05, 0) is 30.2 Å². The summed E-state index contributed by atoms with van der Waals surface area (Å²) in [6, 6.07) is 3.41. The van der Waals surface area contributed by atoms with Crippen LogP contribution in [0.1, 0.15) is 31.3 Å². The maximum atomic E-state index is 12.5. The van der Waals surface area contributed by atoms with E-state index in [0.717, 1.165) is 12.1 Å². The number of carbonyl (C=O) groups is 1. The van der Waals surface area contributed by atoms with Gasteiger partial charge in [-0.15, -0.1) is 0 Å². The third-order valence-corrected chi connectivity index (χ3v) is 3.24. The summed E-state index contributed by atoms with van der Waals surface area (Å²) in [5.74, 6) is 0.696. The minimum absolute atomic E-state index is 0.0829. The summed E-state index contributed by atoms with van der Waals surface area (Å²) in [6.45, 7) is 3.84. The van der Waals surface area contributed by atoms with Crippen molar-refractivity contribution in [3.8, 4) is 0 Å². The molecular weight excluding hydrogens is 309 g/mol. The molecule has 0 fully saturated rings. The summed E-state index contributed by atoms with van der Waals surface area (Å²) < 4.78 is 37.5. The van der Waals surface area contributed by atoms with E-state index in [1.54, 1.807) is 12.4 Å². The van der Waals surface area contributed by atoms with Gasteiger partial charge in [0.15, 0.2) is 0 Å². The van der Waals surface area contributed by atoms with Crippen molar-refractivity contribution in [2.45, 2.75) is 26.1 Å². The summed E-state index contributed by atoms with van der Waals surface area (Å²) in [6.07, 6.45) is -1.16. The van der Waals surface area contributed by atoms with E-state index in [9.17, 15) is 18.0 Å². The number of hydrogen-bond acceptors (Lipinski definition) is 2.